The van der Waals surface area contributed by atoms with Crippen LogP contribution in [0.25, 0.3) is 0 Å². The van der Waals surface area contributed by atoms with E-state index in [1.165, 1.54) is 83.5 Å². The van der Waals surface area contributed by atoms with Gasteiger partial charge in [0.25, 0.3) is 0 Å². The number of rotatable bonds is 34. The van der Waals surface area contributed by atoms with Gasteiger partial charge in [0.1, 0.15) is 6.10 Å². The molecule has 0 heterocycles. The average Bonchev–Trinajstić information content (AvgIpc) is 2.99. The number of esters is 1. The molecule has 0 saturated carbocycles. The van der Waals surface area contributed by atoms with Crippen LogP contribution in [0.3, 0.4) is 0 Å². The van der Waals surface area contributed by atoms with Gasteiger partial charge in [0.2, 0.25) is 0 Å². The summed E-state index contributed by atoms with van der Waals surface area (Å²) in [5.41, 5.74) is 0. The lowest BCUT2D eigenvalue weighted by molar-refractivity contribution is -0.150. The minimum Gasteiger partial charge on any atom is -0.462 e. The van der Waals surface area contributed by atoms with Gasteiger partial charge in [-0.15, -0.1) is 0 Å². The molecule has 0 bridgehead atoms. The molecular weight excluding hydrogens is 542 g/mol. The quantitative estimate of drug-likeness (QED) is 0.0550. The molecular formula is C36H71NO6. The van der Waals surface area contributed by atoms with E-state index in [4.69, 9.17) is 14.9 Å². The summed E-state index contributed by atoms with van der Waals surface area (Å²) >= 11 is 0. The average molecular weight is 614 g/mol. The number of carbonyl (C=O) groups is 2. The summed E-state index contributed by atoms with van der Waals surface area (Å²) in [7, 11) is 0. The molecule has 0 unspecified atom stereocenters. The van der Waals surface area contributed by atoms with Gasteiger partial charge in [-0.25, -0.2) is 4.79 Å². The molecule has 43 heavy (non-hydrogen) atoms. The monoisotopic (exact) mass is 614 g/mol. The summed E-state index contributed by atoms with van der Waals surface area (Å²) in [6.07, 6.45) is 28.2. The van der Waals surface area contributed by atoms with Crippen LogP contribution in [0.2, 0.25) is 0 Å². The molecule has 0 aliphatic carbocycles. The highest BCUT2D eigenvalue weighted by Gasteiger charge is 2.14. The van der Waals surface area contributed by atoms with Crippen molar-refractivity contribution in [3.8, 4) is 0 Å². The van der Waals surface area contributed by atoms with Gasteiger partial charge < -0.3 is 24.6 Å². The van der Waals surface area contributed by atoms with Gasteiger partial charge in [0.15, 0.2) is 0 Å². The second-order valence-electron chi connectivity index (χ2n) is 12.5. The molecule has 2 N–H and O–H groups in total. The van der Waals surface area contributed by atoms with E-state index in [1.54, 1.807) is 0 Å². The van der Waals surface area contributed by atoms with Crippen LogP contribution in [0.15, 0.2) is 0 Å². The van der Waals surface area contributed by atoms with E-state index in [0.717, 1.165) is 96.7 Å². The van der Waals surface area contributed by atoms with Crippen LogP contribution < -0.4 is 0 Å². The fourth-order valence-electron chi connectivity index (χ4n) is 5.68. The Morgan fingerprint density at radius 3 is 1.53 bits per heavy atom. The molecule has 0 amide bonds. The van der Waals surface area contributed by atoms with Crippen molar-refractivity contribution in [1.82, 2.24) is 4.90 Å². The molecule has 7 nitrogen and oxygen atoms in total. The molecule has 7 heteroatoms. The smallest absolute Gasteiger partial charge is 0.462 e. The number of ether oxygens (including phenoxy) is 2. The van der Waals surface area contributed by atoms with Crippen molar-refractivity contribution in [3.63, 3.8) is 0 Å². The lowest BCUT2D eigenvalue weighted by atomic mass is 10.0. The van der Waals surface area contributed by atoms with Gasteiger partial charge in [-0.3, -0.25) is 4.79 Å². The Morgan fingerprint density at radius 2 is 1.02 bits per heavy atom. The molecule has 0 fully saturated rings. The molecule has 0 aliphatic rings. The predicted molar refractivity (Wildman–Crippen MR) is 179 cm³/mol. The van der Waals surface area contributed by atoms with Crippen molar-refractivity contribution < 1.29 is 29.3 Å². The maximum atomic E-state index is 12.6. The van der Waals surface area contributed by atoms with E-state index in [-0.39, 0.29) is 25.3 Å². The summed E-state index contributed by atoms with van der Waals surface area (Å²) in [6, 6.07) is 0. The van der Waals surface area contributed by atoms with Crippen LogP contribution in [-0.2, 0) is 14.3 Å². The van der Waals surface area contributed by atoms with E-state index in [2.05, 4.69) is 23.5 Å². The van der Waals surface area contributed by atoms with Crippen LogP contribution in [0, 0.1) is 0 Å². The highest BCUT2D eigenvalue weighted by molar-refractivity contribution is 5.69. The zero-order valence-corrected chi connectivity index (χ0v) is 28.5. The van der Waals surface area contributed by atoms with Crippen LogP contribution in [-0.4, -0.2) is 66.2 Å². The van der Waals surface area contributed by atoms with Crippen molar-refractivity contribution >= 4 is 12.1 Å². The molecule has 0 aromatic heterocycles. The second kappa shape index (κ2) is 33.6. The van der Waals surface area contributed by atoms with E-state index >= 15 is 0 Å². The normalized spacial score (nSPS) is 11.5. The Labute approximate surface area is 265 Å². The fraction of sp³-hybridized carbons (Fsp3) is 0.944. The summed E-state index contributed by atoms with van der Waals surface area (Å²) in [5, 5.41) is 17.7. The minimum absolute atomic E-state index is 0.00606. The van der Waals surface area contributed by atoms with Crippen LogP contribution >= 0.6 is 0 Å². The fourth-order valence-corrected chi connectivity index (χ4v) is 5.68. The Balaban J connectivity index is 4.16. The van der Waals surface area contributed by atoms with Crippen LogP contribution in [0.4, 0.5) is 4.79 Å². The number of unbranched alkanes of at least 4 members (excludes halogenated alkanes) is 18. The number of nitrogens with zero attached hydrogens (tertiary/aromatic N) is 1. The highest BCUT2D eigenvalue weighted by atomic mass is 16.7. The SMILES string of the molecule is CCCCCCCCC(CCCCCCCC)OC(=O)CCCCCCCN(CCCCO)CCCCCCOC(=O)O. The third-order valence-corrected chi connectivity index (χ3v) is 8.39. The second-order valence-corrected chi connectivity index (χ2v) is 12.5. The Kier molecular flexibility index (Phi) is 32.5. The third kappa shape index (κ3) is 31.9. The number of aliphatic hydroxyl groups is 1. The molecule has 0 rings (SSSR count). The maximum Gasteiger partial charge on any atom is 0.505 e. The minimum atomic E-state index is -1.19. The van der Waals surface area contributed by atoms with Gasteiger partial charge in [-0.1, -0.05) is 110 Å². The van der Waals surface area contributed by atoms with Crippen molar-refractivity contribution in [2.75, 3.05) is 32.8 Å². The zero-order chi connectivity index (χ0) is 31.6. The number of carbonyl (C=O) groups excluding carboxylic acids is 1. The van der Waals surface area contributed by atoms with E-state index in [9.17, 15) is 9.59 Å². The van der Waals surface area contributed by atoms with Crippen LogP contribution in [0.1, 0.15) is 181 Å². The van der Waals surface area contributed by atoms with Crippen molar-refractivity contribution in [1.29, 1.82) is 0 Å². The first-order valence-corrected chi connectivity index (χ1v) is 18.4. The zero-order valence-electron chi connectivity index (χ0n) is 28.5. The Hall–Kier alpha value is -1.34. The third-order valence-electron chi connectivity index (χ3n) is 8.39. The number of hydrogen-bond acceptors (Lipinski definition) is 6. The highest BCUT2D eigenvalue weighted by Crippen LogP contribution is 2.18. The van der Waals surface area contributed by atoms with Crippen molar-refractivity contribution in [3.05, 3.63) is 0 Å². The number of aliphatic hydroxyl groups excluding tert-OH is 1. The molecule has 0 spiro atoms. The van der Waals surface area contributed by atoms with Gasteiger partial charge in [-0.05, 0) is 83.8 Å². The molecule has 0 atom stereocenters. The molecule has 0 aromatic rings. The first kappa shape index (κ1) is 41.7. The molecule has 0 saturated heterocycles. The van der Waals surface area contributed by atoms with E-state index in [0.29, 0.717) is 6.42 Å². The Bertz CT molecular complexity index is 586. The topological polar surface area (TPSA) is 96.3 Å². The summed E-state index contributed by atoms with van der Waals surface area (Å²) in [4.78, 5) is 25.6. The van der Waals surface area contributed by atoms with E-state index < -0.39 is 6.16 Å². The standard InChI is InChI=1S/C36H71NO6/c1-3-5-7-9-12-18-26-34(27-19-13-10-8-6-4-2)43-35(39)28-20-14-11-15-21-29-37(31-23-24-32-38)30-22-16-17-25-33-42-36(40)41/h34,38H,3-33H2,1-2H3,(H,40,41). The maximum absolute atomic E-state index is 12.6. The summed E-state index contributed by atoms with van der Waals surface area (Å²) in [6.45, 7) is 8.19. The van der Waals surface area contributed by atoms with Crippen molar-refractivity contribution in [2.24, 2.45) is 0 Å². The predicted octanol–water partition coefficient (Wildman–Crippen LogP) is 10.1. The summed E-state index contributed by atoms with van der Waals surface area (Å²) in [5.74, 6) is 0.00606. The Morgan fingerprint density at radius 1 is 0.581 bits per heavy atom. The molecule has 256 valence electrons. The lowest BCUT2D eigenvalue weighted by Crippen LogP contribution is -2.27. The number of hydrogen-bond donors (Lipinski definition) is 2. The first-order chi connectivity index (χ1) is 21.0. The van der Waals surface area contributed by atoms with Gasteiger partial charge in [0.05, 0.1) is 6.61 Å². The van der Waals surface area contributed by atoms with Gasteiger partial charge in [-0.2, -0.15) is 0 Å². The largest absolute Gasteiger partial charge is 0.505 e. The van der Waals surface area contributed by atoms with Gasteiger partial charge in [0, 0.05) is 13.0 Å². The van der Waals surface area contributed by atoms with Crippen LogP contribution in [0.5, 0.6) is 0 Å². The molecule has 0 radical (unpaired) electrons. The summed E-state index contributed by atoms with van der Waals surface area (Å²) < 4.78 is 10.6. The lowest BCUT2D eigenvalue weighted by Gasteiger charge is -2.22. The van der Waals surface area contributed by atoms with Crippen molar-refractivity contribution in [2.45, 2.75) is 187 Å². The molecule has 0 aliphatic heterocycles. The van der Waals surface area contributed by atoms with E-state index in [1.807, 2.05) is 0 Å². The number of carboxylic acid groups (broad SMARTS) is 1. The first-order valence-electron chi connectivity index (χ1n) is 18.4. The molecule has 0 aromatic carbocycles. The van der Waals surface area contributed by atoms with Gasteiger partial charge >= 0.3 is 12.1 Å².